The van der Waals surface area contributed by atoms with Gasteiger partial charge in [-0.1, -0.05) is 0 Å². The van der Waals surface area contributed by atoms with Gasteiger partial charge in [0.05, 0.1) is 4.92 Å². The standard InChI is InChI=1S/C16H20N2O4/c1-9-6-12(4-5-14(9)18(21)22)16(20)17-15-11-3-2-10(7-11)13(15)8-19/h4-6,10-11,13,15,19H,2-3,7-8H2,1H3,(H,17,20). The highest BCUT2D eigenvalue weighted by molar-refractivity contribution is 5.95. The second kappa shape index (κ2) is 5.68. The maximum atomic E-state index is 12.4. The molecule has 1 aromatic carbocycles. The first-order chi connectivity index (χ1) is 10.5. The molecule has 3 rings (SSSR count). The average molecular weight is 304 g/mol. The Morgan fingerprint density at radius 1 is 1.41 bits per heavy atom. The van der Waals surface area contributed by atoms with Gasteiger partial charge in [0.2, 0.25) is 0 Å². The first-order valence-corrected chi connectivity index (χ1v) is 7.68. The molecular formula is C16H20N2O4. The fourth-order valence-corrected chi connectivity index (χ4v) is 4.13. The van der Waals surface area contributed by atoms with E-state index in [2.05, 4.69) is 5.32 Å². The molecule has 2 aliphatic carbocycles. The number of rotatable bonds is 4. The smallest absolute Gasteiger partial charge is 0.272 e. The van der Waals surface area contributed by atoms with Crippen LogP contribution < -0.4 is 5.32 Å². The van der Waals surface area contributed by atoms with Gasteiger partial charge in [-0.15, -0.1) is 0 Å². The van der Waals surface area contributed by atoms with E-state index in [0.29, 0.717) is 23.0 Å². The summed E-state index contributed by atoms with van der Waals surface area (Å²) in [6, 6.07) is 4.43. The quantitative estimate of drug-likeness (QED) is 0.657. The highest BCUT2D eigenvalue weighted by Crippen LogP contribution is 2.48. The molecule has 2 saturated carbocycles. The van der Waals surface area contributed by atoms with Gasteiger partial charge in [0.1, 0.15) is 0 Å². The van der Waals surface area contributed by atoms with Gasteiger partial charge >= 0.3 is 0 Å². The number of aliphatic hydroxyl groups excluding tert-OH is 1. The monoisotopic (exact) mass is 304 g/mol. The van der Waals surface area contributed by atoms with Crippen molar-refractivity contribution in [3.63, 3.8) is 0 Å². The zero-order valence-corrected chi connectivity index (χ0v) is 12.5. The summed E-state index contributed by atoms with van der Waals surface area (Å²) in [6.45, 7) is 1.73. The molecule has 6 heteroatoms. The Morgan fingerprint density at radius 3 is 2.77 bits per heavy atom. The van der Waals surface area contributed by atoms with E-state index in [4.69, 9.17) is 0 Å². The summed E-state index contributed by atoms with van der Waals surface area (Å²) in [5.74, 6) is 0.889. The first kappa shape index (κ1) is 15.0. The molecule has 118 valence electrons. The molecule has 0 radical (unpaired) electrons. The van der Waals surface area contributed by atoms with Gasteiger partial charge in [0.15, 0.2) is 0 Å². The Balaban J connectivity index is 1.75. The predicted octanol–water partition coefficient (Wildman–Crippen LogP) is 2.04. The van der Waals surface area contributed by atoms with E-state index in [1.807, 2.05) is 0 Å². The van der Waals surface area contributed by atoms with Crippen LogP contribution in [0, 0.1) is 34.8 Å². The highest BCUT2D eigenvalue weighted by Gasteiger charge is 2.47. The van der Waals surface area contributed by atoms with Crippen molar-refractivity contribution in [1.82, 2.24) is 5.32 Å². The minimum Gasteiger partial charge on any atom is -0.396 e. The molecule has 4 atom stereocenters. The Kier molecular flexibility index (Phi) is 3.87. The number of benzene rings is 1. The van der Waals surface area contributed by atoms with Gasteiger partial charge in [0.25, 0.3) is 11.6 Å². The van der Waals surface area contributed by atoms with Crippen LogP contribution in [0.2, 0.25) is 0 Å². The Labute approximate surface area is 128 Å². The van der Waals surface area contributed by atoms with Crippen LogP contribution in [0.1, 0.15) is 35.2 Å². The summed E-state index contributed by atoms with van der Waals surface area (Å²) in [5, 5.41) is 23.4. The summed E-state index contributed by atoms with van der Waals surface area (Å²) < 4.78 is 0. The van der Waals surface area contributed by atoms with Crippen molar-refractivity contribution in [2.45, 2.75) is 32.2 Å². The van der Waals surface area contributed by atoms with Crippen LogP contribution in [0.5, 0.6) is 0 Å². The molecule has 0 spiro atoms. The summed E-state index contributed by atoms with van der Waals surface area (Å²) in [5.41, 5.74) is 0.927. The minimum absolute atomic E-state index is 0.0182. The lowest BCUT2D eigenvalue weighted by atomic mass is 9.85. The molecule has 2 bridgehead atoms. The zero-order chi connectivity index (χ0) is 15.9. The summed E-state index contributed by atoms with van der Waals surface area (Å²) in [4.78, 5) is 22.8. The molecule has 6 nitrogen and oxygen atoms in total. The van der Waals surface area contributed by atoms with E-state index in [1.165, 1.54) is 12.1 Å². The SMILES string of the molecule is Cc1cc(C(=O)NC2C3CCC(C3)C2CO)ccc1[N+](=O)[O-]. The Bertz CT molecular complexity index is 616. The molecule has 4 unspecified atom stereocenters. The lowest BCUT2D eigenvalue weighted by Gasteiger charge is -2.30. The molecule has 0 saturated heterocycles. The van der Waals surface area contributed by atoms with Crippen molar-refractivity contribution < 1.29 is 14.8 Å². The first-order valence-electron chi connectivity index (χ1n) is 7.68. The van der Waals surface area contributed by atoms with E-state index in [-0.39, 0.29) is 30.2 Å². The van der Waals surface area contributed by atoms with Crippen molar-refractivity contribution in [3.8, 4) is 0 Å². The maximum absolute atomic E-state index is 12.4. The molecule has 2 N–H and O–H groups in total. The normalized spacial score (nSPS) is 29.5. The van der Waals surface area contributed by atoms with E-state index >= 15 is 0 Å². The van der Waals surface area contributed by atoms with Crippen molar-refractivity contribution >= 4 is 11.6 Å². The Morgan fingerprint density at radius 2 is 2.14 bits per heavy atom. The number of nitrogens with one attached hydrogen (secondary N) is 1. The van der Waals surface area contributed by atoms with Crippen LogP contribution in [-0.2, 0) is 0 Å². The largest absolute Gasteiger partial charge is 0.396 e. The molecule has 1 amide bonds. The molecule has 0 heterocycles. The van der Waals surface area contributed by atoms with Gasteiger partial charge in [-0.05, 0) is 50.2 Å². The van der Waals surface area contributed by atoms with Crippen LogP contribution in [0.4, 0.5) is 5.69 Å². The maximum Gasteiger partial charge on any atom is 0.272 e. The van der Waals surface area contributed by atoms with Crippen molar-refractivity contribution in [3.05, 3.63) is 39.4 Å². The van der Waals surface area contributed by atoms with Gasteiger partial charge in [-0.2, -0.15) is 0 Å². The van der Waals surface area contributed by atoms with Crippen LogP contribution in [0.15, 0.2) is 18.2 Å². The van der Waals surface area contributed by atoms with Crippen LogP contribution in [0.3, 0.4) is 0 Å². The Hall–Kier alpha value is -1.95. The number of nitrogens with zero attached hydrogens (tertiary/aromatic N) is 1. The number of carbonyl (C=O) groups excluding carboxylic acids is 1. The van der Waals surface area contributed by atoms with Crippen molar-refractivity contribution in [2.24, 2.45) is 17.8 Å². The molecule has 22 heavy (non-hydrogen) atoms. The summed E-state index contributed by atoms with van der Waals surface area (Å²) in [7, 11) is 0. The number of carbonyl (C=O) groups is 1. The van der Waals surface area contributed by atoms with Crippen molar-refractivity contribution in [1.29, 1.82) is 0 Å². The number of aryl methyl sites for hydroxylation is 1. The number of fused-ring (bicyclic) bond motifs is 2. The van der Waals surface area contributed by atoms with Crippen molar-refractivity contribution in [2.75, 3.05) is 6.61 Å². The van der Waals surface area contributed by atoms with Crippen LogP contribution in [0.25, 0.3) is 0 Å². The predicted molar refractivity (Wildman–Crippen MR) is 80.5 cm³/mol. The minimum atomic E-state index is -0.450. The fraction of sp³-hybridized carbons (Fsp3) is 0.562. The van der Waals surface area contributed by atoms with Crippen LogP contribution >= 0.6 is 0 Å². The second-order valence-corrected chi connectivity index (χ2v) is 6.44. The second-order valence-electron chi connectivity index (χ2n) is 6.44. The molecule has 2 aliphatic rings. The van der Waals surface area contributed by atoms with Gasteiger partial charge < -0.3 is 10.4 Å². The van der Waals surface area contributed by atoms with E-state index in [1.54, 1.807) is 13.0 Å². The zero-order valence-electron chi connectivity index (χ0n) is 12.5. The number of hydrogen-bond acceptors (Lipinski definition) is 4. The van der Waals surface area contributed by atoms with Gasteiger partial charge in [-0.25, -0.2) is 0 Å². The lowest BCUT2D eigenvalue weighted by Crippen LogP contribution is -2.45. The number of hydrogen-bond donors (Lipinski definition) is 2. The third kappa shape index (κ3) is 2.47. The molecule has 2 fully saturated rings. The number of aliphatic hydroxyl groups is 1. The molecule has 0 aliphatic heterocycles. The number of amides is 1. The van der Waals surface area contributed by atoms with Crippen LogP contribution in [-0.4, -0.2) is 28.6 Å². The third-order valence-corrected chi connectivity index (χ3v) is 5.25. The summed E-state index contributed by atoms with van der Waals surface area (Å²) >= 11 is 0. The van der Waals surface area contributed by atoms with E-state index in [9.17, 15) is 20.0 Å². The molecular weight excluding hydrogens is 284 g/mol. The number of nitro groups is 1. The molecule has 0 aromatic heterocycles. The average Bonchev–Trinajstić information content (AvgIpc) is 3.07. The highest BCUT2D eigenvalue weighted by atomic mass is 16.6. The fourth-order valence-electron chi connectivity index (χ4n) is 4.13. The molecule has 1 aromatic rings. The summed E-state index contributed by atoms with van der Waals surface area (Å²) in [6.07, 6.45) is 3.32. The number of nitro benzene ring substituents is 1. The van der Waals surface area contributed by atoms with E-state index in [0.717, 1.165) is 19.3 Å². The van der Waals surface area contributed by atoms with Gasteiger partial charge in [0, 0.05) is 35.8 Å². The lowest BCUT2D eigenvalue weighted by molar-refractivity contribution is -0.385. The topological polar surface area (TPSA) is 92.5 Å². The third-order valence-electron chi connectivity index (χ3n) is 5.25. The van der Waals surface area contributed by atoms with Gasteiger partial charge in [-0.3, -0.25) is 14.9 Å². The van der Waals surface area contributed by atoms with E-state index < -0.39 is 4.92 Å².